The third-order valence-electron chi connectivity index (χ3n) is 4.32. The summed E-state index contributed by atoms with van der Waals surface area (Å²) in [5, 5.41) is 2.41. The van der Waals surface area contributed by atoms with Crippen LogP contribution in [0.5, 0.6) is 5.75 Å². The van der Waals surface area contributed by atoms with E-state index in [0.717, 1.165) is 27.0 Å². The number of aromatic nitrogens is 2. The summed E-state index contributed by atoms with van der Waals surface area (Å²) >= 11 is 3.58. The molecule has 23 heavy (non-hydrogen) atoms. The lowest BCUT2D eigenvalue weighted by atomic mass is 9.97. The van der Waals surface area contributed by atoms with Crippen LogP contribution in [0.4, 0.5) is 0 Å². The van der Waals surface area contributed by atoms with E-state index in [9.17, 15) is 0 Å². The van der Waals surface area contributed by atoms with Crippen molar-refractivity contribution < 1.29 is 4.74 Å². The molecule has 0 radical (unpaired) electrons. The molecule has 118 valence electrons. The molecule has 0 saturated heterocycles. The minimum absolute atomic E-state index is 0.808. The fourth-order valence-electron chi connectivity index (χ4n) is 3.14. The lowest BCUT2D eigenvalue weighted by Crippen LogP contribution is -1.99. The summed E-state index contributed by atoms with van der Waals surface area (Å²) in [5.74, 6) is 1.66. The van der Waals surface area contributed by atoms with Crippen LogP contribution in [-0.2, 0) is 12.8 Å². The minimum atomic E-state index is 0.808. The zero-order valence-electron chi connectivity index (χ0n) is 13.3. The van der Waals surface area contributed by atoms with Crippen LogP contribution >= 0.6 is 23.1 Å². The first kappa shape index (κ1) is 15.0. The average Bonchev–Trinajstić information content (AvgIpc) is 2.99. The second kappa shape index (κ2) is 6.13. The van der Waals surface area contributed by atoms with Crippen molar-refractivity contribution in [3.63, 3.8) is 0 Å². The molecule has 3 aromatic rings. The Morgan fingerprint density at radius 3 is 2.61 bits per heavy atom. The smallest absolute Gasteiger partial charge is 0.162 e. The van der Waals surface area contributed by atoms with Gasteiger partial charge in [-0.2, -0.15) is 0 Å². The quantitative estimate of drug-likeness (QED) is 0.497. The van der Waals surface area contributed by atoms with Gasteiger partial charge in [-0.05, 0) is 61.8 Å². The molecular formula is C18H18N2OS2. The Kier molecular flexibility index (Phi) is 3.99. The van der Waals surface area contributed by atoms with Crippen molar-refractivity contribution in [3.8, 4) is 17.1 Å². The van der Waals surface area contributed by atoms with Gasteiger partial charge in [0.25, 0.3) is 0 Å². The molecule has 2 heterocycles. The number of methoxy groups -OCH3 is 1. The number of nitrogens with zero attached hydrogens (tertiary/aromatic N) is 2. The van der Waals surface area contributed by atoms with Crippen LogP contribution in [0.25, 0.3) is 21.6 Å². The van der Waals surface area contributed by atoms with E-state index < -0.39 is 0 Å². The maximum Gasteiger partial charge on any atom is 0.162 e. The lowest BCUT2D eigenvalue weighted by Gasteiger charge is -2.11. The number of ether oxygens (including phenoxy) is 1. The molecule has 0 N–H and O–H groups in total. The van der Waals surface area contributed by atoms with Crippen molar-refractivity contribution >= 4 is 33.3 Å². The molecule has 4 rings (SSSR count). The Hall–Kier alpha value is -1.59. The van der Waals surface area contributed by atoms with Gasteiger partial charge in [0.15, 0.2) is 5.82 Å². The molecule has 0 saturated carbocycles. The van der Waals surface area contributed by atoms with Gasteiger partial charge in [0.2, 0.25) is 0 Å². The third-order valence-corrected chi connectivity index (χ3v) is 6.19. The van der Waals surface area contributed by atoms with Crippen LogP contribution in [-0.4, -0.2) is 23.3 Å². The first-order valence-corrected chi connectivity index (χ1v) is 9.85. The van der Waals surface area contributed by atoms with E-state index in [1.165, 1.54) is 41.5 Å². The van der Waals surface area contributed by atoms with Crippen LogP contribution in [0.2, 0.25) is 0 Å². The molecule has 5 heteroatoms. The van der Waals surface area contributed by atoms with Gasteiger partial charge in [0.1, 0.15) is 15.6 Å². The van der Waals surface area contributed by atoms with Gasteiger partial charge in [-0.15, -0.1) is 23.1 Å². The number of benzene rings is 1. The fraction of sp³-hybridized carbons (Fsp3) is 0.333. The number of thiophene rings is 1. The maximum atomic E-state index is 5.23. The molecule has 0 bridgehead atoms. The first-order chi connectivity index (χ1) is 11.3. The highest BCUT2D eigenvalue weighted by Crippen LogP contribution is 2.40. The van der Waals surface area contributed by atoms with Gasteiger partial charge in [-0.1, -0.05) is 0 Å². The van der Waals surface area contributed by atoms with Gasteiger partial charge < -0.3 is 4.74 Å². The van der Waals surface area contributed by atoms with Crippen molar-refractivity contribution in [2.45, 2.75) is 30.7 Å². The number of hydrogen-bond acceptors (Lipinski definition) is 5. The third kappa shape index (κ3) is 2.62. The largest absolute Gasteiger partial charge is 0.497 e. The van der Waals surface area contributed by atoms with E-state index in [0.29, 0.717) is 0 Å². The SMILES string of the molecule is COc1ccc(-c2nc(SC)c3c4c(sc3n2)CCCC4)cc1. The van der Waals surface area contributed by atoms with Crippen LogP contribution in [0.3, 0.4) is 0 Å². The van der Waals surface area contributed by atoms with E-state index >= 15 is 0 Å². The molecule has 1 aliphatic carbocycles. The zero-order valence-corrected chi connectivity index (χ0v) is 14.9. The highest BCUT2D eigenvalue weighted by molar-refractivity contribution is 7.98. The van der Waals surface area contributed by atoms with Gasteiger partial charge in [0, 0.05) is 15.8 Å². The first-order valence-electron chi connectivity index (χ1n) is 7.81. The summed E-state index contributed by atoms with van der Waals surface area (Å²) in [6, 6.07) is 7.97. The molecule has 1 aromatic carbocycles. The van der Waals surface area contributed by atoms with Crippen molar-refractivity contribution in [2.75, 3.05) is 13.4 Å². The second-order valence-electron chi connectivity index (χ2n) is 5.68. The Labute approximate surface area is 144 Å². The molecule has 0 amide bonds. The van der Waals surface area contributed by atoms with Crippen molar-refractivity contribution in [3.05, 3.63) is 34.7 Å². The predicted octanol–water partition coefficient (Wildman–Crippen LogP) is 4.97. The fourth-order valence-corrected chi connectivity index (χ4v) is 5.07. The lowest BCUT2D eigenvalue weighted by molar-refractivity contribution is 0.415. The van der Waals surface area contributed by atoms with E-state index in [1.54, 1.807) is 18.9 Å². The van der Waals surface area contributed by atoms with Crippen molar-refractivity contribution in [1.29, 1.82) is 0 Å². The van der Waals surface area contributed by atoms with Gasteiger partial charge in [-0.3, -0.25) is 0 Å². The Balaban J connectivity index is 1.88. The van der Waals surface area contributed by atoms with E-state index in [4.69, 9.17) is 14.7 Å². The van der Waals surface area contributed by atoms with E-state index in [1.807, 2.05) is 35.6 Å². The minimum Gasteiger partial charge on any atom is -0.497 e. The number of thioether (sulfide) groups is 1. The molecule has 0 spiro atoms. The highest BCUT2D eigenvalue weighted by Gasteiger charge is 2.21. The summed E-state index contributed by atoms with van der Waals surface area (Å²) < 4.78 is 5.23. The van der Waals surface area contributed by atoms with E-state index in [2.05, 4.69) is 6.26 Å². The molecule has 0 unspecified atom stereocenters. The number of fused-ring (bicyclic) bond motifs is 3. The van der Waals surface area contributed by atoms with Gasteiger partial charge >= 0.3 is 0 Å². The molecule has 2 aromatic heterocycles. The van der Waals surface area contributed by atoms with Crippen LogP contribution in [0.1, 0.15) is 23.3 Å². The Morgan fingerprint density at radius 2 is 1.87 bits per heavy atom. The number of hydrogen-bond donors (Lipinski definition) is 0. The Morgan fingerprint density at radius 1 is 1.09 bits per heavy atom. The van der Waals surface area contributed by atoms with Crippen molar-refractivity contribution in [1.82, 2.24) is 9.97 Å². The average molecular weight is 342 g/mol. The molecule has 0 aliphatic heterocycles. The highest BCUT2D eigenvalue weighted by atomic mass is 32.2. The molecular weight excluding hydrogens is 324 g/mol. The van der Waals surface area contributed by atoms with Crippen LogP contribution in [0.15, 0.2) is 29.3 Å². The topological polar surface area (TPSA) is 35.0 Å². The monoisotopic (exact) mass is 342 g/mol. The number of aryl methyl sites for hydroxylation is 2. The summed E-state index contributed by atoms with van der Waals surface area (Å²) in [4.78, 5) is 12.4. The maximum absolute atomic E-state index is 5.23. The summed E-state index contributed by atoms with van der Waals surface area (Å²) in [6.07, 6.45) is 7.06. The molecule has 3 nitrogen and oxygen atoms in total. The summed E-state index contributed by atoms with van der Waals surface area (Å²) in [6.45, 7) is 0. The molecule has 1 aliphatic rings. The van der Waals surface area contributed by atoms with Crippen LogP contribution in [0, 0.1) is 0 Å². The number of rotatable bonds is 3. The Bertz CT molecular complexity index is 856. The van der Waals surface area contributed by atoms with Gasteiger partial charge in [0.05, 0.1) is 7.11 Å². The second-order valence-corrected chi connectivity index (χ2v) is 7.55. The predicted molar refractivity (Wildman–Crippen MR) is 97.8 cm³/mol. The zero-order chi connectivity index (χ0) is 15.8. The van der Waals surface area contributed by atoms with E-state index in [-0.39, 0.29) is 0 Å². The summed E-state index contributed by atoms with van der Waals surface area (Å²) in [7, 11) is 1.68. The van der Waals surface area contributed by atoms with Crippen LogP contribution < -0.4 is 4.74 Å². The normalized spacial score (nSPS) is 14.0. The van der Waals surface area contributed by atoms with Crippen molar-refractivity contribution in [2.24, 2.45) is 0 Å². The standard InChI is InChI=1S/C18H18N2OS2/c1-21-12-9-7-11(8-10-12)16-19-17(22-2)15-13-5-3-4-6-14(13)23-18(15)20-16/h7-10H,3-6H2,1-2H3. The van der Waals surface area contributed by atoms with Gasteiger partial charge in [-0.25, -0.2) is 9.97 Å². The summed E-state index contributed by atoms with van der Waals surface area (Å²) in [5.41, 5.74) is 2.54. The molecule has 0 fully saturated rings. The molecule has 0 atom stereocenters.